The molecule has 0 radical (unpaired) electrons. The minimum Gasteiger partial charge on any atom is -0.495 e. The Balaban J connectivity index is 2.87. The summed E-state index contributed by atoms with van der Waals surface area (Å²) in [7, 11) is 1.59. The van der Waals surface area contributed by atoms with Gasteiger partial charge in [-0.3, -0.25) is 0 Å². The largest absolute Gasteiger partial charge is 0.495 e. The van der Waals surface area contributed by atoms with Gasteiger partial charge in [0.05, 0.1) is 12.1 Å². The fraction of sp³-hybridized carbons (Fsp3) is 0.455. The number of hydrogen-bond acceptors (Lipinski definition) is 2. The molecule has 0 atom stereocenters. The molecule has 1 aromatic carbocycles. The normalized spacial score (nSPS) is 11.2. The molecule has 78 valence electrons. The second-order valence-electron chi connectivity index (χ2n) is 4.01. The zero-order chi connectivity index (χ0) is 10.8. The summed E-state index contributed by atoms with van der Waals surface area (Å²) in [5, 5.41) is 0.564. The molecule has 0 saturated heterocycles. The molecule has 1 rings (SSSR count). The van der Waals surface area contributed by atoms with Gasteiger partial charge in [0.25, 0.3) is 0 Å². The molecule has 1 aromatic rings. The van der Waals surface area contributed by atoms with Crippen molar-refractivity contribution in [2.75, 3.05) is 7.11 Å². The van der Waals surface area contributed by atoms with Crippen LogP contribution in [0.15, 0.2) is 18.2 Å². The average Bonchev–Trinajstić information content (AvgIpc) is 2.01. The Morgan fingerprint density at radius 3 is 2.29 bits per heavy atom. The molecule has 0 bridgehead atoms. The third-order valence-corrected chi connectivity index (χ3v) is 1.84. The second kappa shape index (κ2) is 4.09. The van der Waals surface area contributed by atoms with Gasteiger partial charge in [0.15, 0.2) is 0 Å². The summed E-state index contributed by atoms with van der Waals surface area (Å²) in [6.07, 6.45) is 0. The van der Waals surface area contributed by atoms with Gasteiger partial charge in [-0.15, -0.1) is 0 Å². The molecular formula is C11H15ClO2. The van der Waals surface area contributed by atoms with E-state index in [1.807, 2.05) is 26.8 Å². The van der Waals surface area contributed by atoms with Crippen LogP contribution in [-0.4, -0.2) is 12.7 Å². The molecular weight excluding hydrogens is 200 g/mol. The van der Waals surface area contributed by atoms with Crippen molar-refractivity contribution in [3.63, 3.8) is 0 Å². The lowest BCUT2D eigenvalue weighted by Gasteiger charge is -2.21. The average molecular weight is 215 g/mol. The Labute approximate surface area is 89.8 Å². The van der Waals surface area contributed by atoms with Gasteiger partial charge in [-0.2, -0.15) is 0 Å². The number of rotatable bonds is 2. The van der Waals surface area contributed by atoms with E-state index in [1.165, 1.54) is 0 Å². The maximum Gasteiger partial charge on any atom is 0.137 e. The summed E-state index contributed by atoms with van der Waals surface area (Å²) in [5.41, 5.74) is -0.210. The Morgan fingerprint density at radius 1 is 1.21 bits per heavy atom. The molecule has 0 aliphatic heterocycles. The Hall–Kier alpha value is -0.890. The Kier molecular flexibility index (Phi) is 3.27. The smallest absolute Gasteiger partial charge is 0.137 e. The van der Waals surface area contributed by atoms with Crippen LogP contribution in [0.4, 0.5) is 0 Å². The van der Waals surface area contributed by atoms with Crippen molar-refractivity contribution < 1.29 is 9.47 Å². The molecule has 3 heteroatoms. The van der Waals surface area contributed by atoms with Crippen LogP contribution in [0.3, 0.4) is 0 Å². The first kappa shape index (κ1) is 11.2. The van der Waals surface area contributed by atoms with Crippen LogP contribution in [-0.2, 0) is 0 Å². The van der Waals surface area contributed by atoms with Crippen molar-refractivity contribution in [2.45, 2.75) is 26.4 Å². The highest BCUT2D eigenvalue weighted by molar-refractivity contribution is 6.32. The third kappa shape index (κ3) is 3.11. The first-order valence-corrected chi connectivity index (χ1v) is 4.83. The van der Waals surface area contributed by atoms with Gasteiger partial charge in [-0.05, 0) is 32.9 Å². The maximum absolute atomic E-state index is 5.95. The molecule has 0 saturated carbocycles. The van der Waals surface area contributed by atoms with E-state index in [2.05, 4.69) is 0 Å². The highest BCUT2D eigenvalue weighted by Gasteiger charge is 2.12. The first-order valence-electron chi connectivity index (χ1n) is 4.45. The van der Waals surface area contributed by atoms with Crippen LogP contribution in [0.1, 0.15) is 20.8 Å². The lowest BCUT2D eigenvalue weighted by Crippen LogP contribution is -2.22. The van der Waals surface area contributed by atoms with Crippen molar-refractivity contribution in [1.29, 1.82) is 0 Å². The van der Waals surface area contributed by atoms with Crippen LogP contribution >= 0.6 is 11.6 Å². The SMILES string of the molecule is COc1ccc(OC(C)(C)C)cc1Cl. The van der Waals surface area contributed by atoms with Crippen molar-refractivity contribution in [1.82, 2.24) is 0 Å². The van der Waals surface area contributed by atoms with Gasteiger partial charge in [0.2, 0.25) is 0 Å². The molecule has 0 aliphatic rings. The fourth-order valence-electron chi connectivity index (χ4n) is 1.06. The highest BCUT2D eigenvalue weighted by atomic mass is 35.5. The summed E-state index contributed by atoms with van der Waals surface area (Å²) in [4.78, 5) is 0. The zero-order valence-corrected chi connectivity index (χ0v) is 9.68. The Bertz CT molecular complexity index is 316. The van der Waals surface area contributed by atoms with Crippen molar-refractivity contribution in [3.05, 3.63) is 23.2 Å². The van der Waals surface area contributed by atoms with Gasteiger partial charge in [0, 0.05) is 6.07 Å². The van der Waals surface area contributed by atoms with E-state index >= 15 is 0 Å². The van der Waals surface area contributed by atoms with Gasteiger partial charge in [-0.25, -0.2) is 0 Å². The molecule has 0 N–H and O–H groups in total. The molecule has 2 nitrogen and oxygen atoms in total. The summed E-state index contributed by atoms with van der Waals surface area (Å²) < 4.78 is 10.7. The molecule has 0 unspecified atom stereocenters. The minimum atomic E-state index is -0.210. The number of benzene rings is 1. The van der Waals surface area contributed by atoms with Gasteiger partial charge in [-0.1, -0.05) is 11.6 Å². The van der Waals surface area contributed by atoms with E-state index in [9.17, 15) is 0 Å². The lowest BCUT2D eigenvalue weighted by molar-refractivity contribution is 0.131. The molecule has 0 amide bonds. The number of halogens is 1. The van der Waals surface area contributed by atoms with Crippen LogP contribution < -0.4 is 9.47 Å². The summed E-state index contributed by atoms with van der Waals surface area (Å²) in [6.45, 7) is 5.97. The quantitative estimate of drug-likeness (QED) is 0.750. The standard InChI is InChI=1S/C11H15ClO2/c1-11(2,3)14-8-5-6-10(13-4)9(12)7-8/h5-7H,1-4H3. The van der Waals surface area contributed by atoms with Crippen LogP contribution in [0, 0.1) is 0 Å². The highest BCUT2D eigenvalue weighted by Crippen LogP contribution is 2.29. The van der Waals surface area contributed by atoms with Crippen molar-refractivity contribution in [3.8, 4) is 11.5 Å². The second-order valence-corrected chi connectivity index (χ2v) is 4.42. The van der Waals surface area contributed by atoms with Gasteiger partial charge in [0.1, 0.15) is 17.1 Å². The summed E-state index contributed by atoms with van der Waals surface area (Å²) >= 11 is 5.95. The van der Waals surface area contributed by atoms with Gasteiger partial charge < -0.3 is 9.47 Å². The number of methoxy groups -OCH3 is 1. The lowest BCUT2D eigenvalue weighted by atomic mass is 10.2. The monoisotopic (exact) mass is 214 g/mol. The fourth-order valence-corrected chi connectivity index (χ4v) is 1.31. The minimum absolute atomic E-state index is 0.210. The van der Waals surface area contributed by atoms with Gasteiger partial charge >= 0.3 is 0 Å². The third-order valence-electron chi connectivity index (χ3n) is 1.55. The van der Waals surface area contributed by atoms with E-state index in [-0.39, 0.29) is 5.60 Å². The van der Waals surface area contributed by atoms with E-state index in [1.54, 1.807) is 19.2 Å². The van der Waals surface area contributed by atoms with Crippen LogP contribution in [0.25, 0.3) is 0 Å². The molecule has 0 fully saturated rings. The first-order chi connectivity index (χ1) is 6.42. The topological polar surface area (TPSA) is 18.5 Å². The number of ether oxygens (including phenoxy) is 2. The van der Waals surface area contributed by atoms with E-state index < -0.39 is 0 Å². The van der Waals surface area contributed by atoms with E-state index in [0.717, 1.165) is 5.75 Å². The molecule has 0 spiro atoms. The predicted molar refractivity (Wildman–Crippen MR) is 58.4 cm³/mol. The summed E-state index contributed by atoms with van der Waals surface area (Å²) in [5.74, 6) is 1.41. The van der Waals surface area contributed by atoms with Crippen LogP contribution in [0.2, 0.25) is 5.02 Å². The van der Waals surface area contributed by atoms with Crippen molar-refractivity contribution in [2.24, 2.45) is 0 Å². The van der Waals surface area contributed by atoms with E-state index in [4.69, 9.17) is 21.1 Å². The predicted octanol–water partition coefficient (Wildman–Crippen LogP) is 3.53. The molecule has 14 heavy (non-hydrogen) atoms. The molecule has 0 aromatic heterocycles. The summed E-state index contributed by atoms with van der Waals surface area (Å²) in [6, 6.07) is 5.39. The van der Waals surface area contributed by atoms with E-state index in [0.29, 0.717) is 10.8 Å². The maximum atomic E-state index is 5.95. The number of hydrogen-bond donors (Lipinski definition) is 0. The van der Waals surface area contributed by atoms with Crippen molar-refractivity contribution >= 4 is 11.6 Å². The Morgan fingerprint density at radius 2 is 1.86 bits per heavy atom. The molecule has 0 aliphatic carbocycles. The zero-order valence-electron chi connectivity index (χ0n) is 8.93. The molecule has 0 heterocycles. The van der Waals surface area contributed by atoms with Crippen LogP contribution in [0.5, 0.6) is 11.5 Å².